The van der Waals surface area contributed by atoms with E-state index in [4.69, 9.17) is 6.42 Å². The molecule has 0 bridgehead atoms. The first kappa shape index (κ1) is 19.2. The zero-order valence-electron chi connectivity index (χ0n) is 18.5. The summed E-state index contributed by atoms with van der Waals surface area (Å²) in [6.45, 7) is 8.56. The molecule has 150 valence electrons. The zero-order valence-corrected chi connectivity index (χ0v) is 18.5. The first-order valence-electron chi connectivity index (χ1n) is 10.6. The van der Waals surface area contributed by atoms with E-state index in [0.29, 0.717) is 0 Å². The average molecular weight is 400 g/mol. The number of hydrogen-bond donors (Lipinski definition) is 0. The summed E-state index contributed by atoms with van der Waals surface area (Å²) in [5.41, 5.74) is 12.1. The number of aryl methyl sites for hydroxylation is 4. The van der Waals surface area contributed by atoms with Gasteiger partial charge in [-0.1, -0.05) is 89.3 Å². The molecule has 5 aromatic rings. The number of hydrogen-bond acceptors (Lipinski definition) is 0. The van der Waals surface area contributed by atoms with Crippen LogP contribution in [0, 0.1) is 40.2 Å². The summed E-state index contributed by atoms with van der Waals surface area (Å²) < 4.78 is 1.99. The van der Waals surface area contributed by atoms with Gasteiger partial charge in [0.05, 0.1) is 11.0 Å². The molecule has 31 heavy (non-hydrogen) atoms. The van der Waals surface area contributed by atoms with E-state index < -0.39 is 0 Å². The molecule has 1 nitrogen and oxygen atoms in total. The lowest BCUT2D eigenvalue weighted by atomic mass is 9.98. The summed E-state index contributed by atoms with van der Waals surface area (Å²) in [5, 5.41) is 2.38. The molecule has 1 aromatic heterocycles. The van der Waals surface area contributed by atoms with Gasteiger partial charge < -0.3 is 0 Å². The number of terminal acetylenes is 1. The van der Waals surface area contributed by atoms with Crippen LogP contribution >= 0.6 is 0 Å². The molecule has 0 aliphatic carbocycles. The lowest BCUT2D eigenvalue weighted by molar-refractivity contribution is 1.26. The Morgan fingerprint density at radius 2 is 0.903 bits per heavy atom. The fraction of sp³-hybridized carbons (Fsp3) is 0.133. The minimum atomic E-state index is 1.08. The predicted molar refractivity (Wildman–Crippen MR) is 133 cm³/mol. The Kier molecular flexibility index (Phi) is 4.45. The maximum atomic E-state index is 6.01. The fourth-order valence-corrected chi connectivity index (χ4v) is 4.80. The van der Waals surface area contributed by atoms with E-state index >= 15 is 0 Å². The predicted octanol–water partition coefficient (Wildman–Crippen LogP) is 7.80. The van der Waals surface area contributed by atoms with E-state index in [9.17, 15) is 0 Å². The molecule has 0 spiro atoms. The molecule has 0 fully saturated rings. The van der Waals surface area contributed by atoms with Crippen LogP contribution in [0.5, 0.6) is 0 Å². The minimum Gasteiger partial charge on any atom is -0.269 e. The number of aromatic nitrogens is 1. The van der Waals surface area contributed by atoms with E-state index in [1.54, 1.807) is 0 Å². The standard InChI is InChI=1S/C30H25N/c1-6-31-29-17-23(25-13-19(2)11-20(3)14-25)7-9-27(29)28-10-8-24(18-30(28)31)26-15-21(4)12-22(5)16-26/h1,7-18H,2-5H3. The van der Waals surface area contributed by atoms with E-state index in [0.717, 1.165) is 11.0 Å². The second-order valence-corrected chi connectivity index (χ2v) is 8.68. The fourth-order valence-electron chi connectivity index (χ4n) is 4.80. The van der Waals surface area contributed by atoms with Gasteiger partial charge in [-0.05, 0) is 62.1 Å². The number of nitrogens with zero attached hydrogens (tertiary/aromatic N) is 1. The van der Waals surface area contributed by atoms with Crippen LogP contribution in [-0.2, 0) is 0 Å². The molecule has 0 saturated carbocycles. The number of rotatable bonds is 2. The van der Waals surface area contributed by atoms with Crippen molar-refractivity contribution in [3.63, 3.8) is 0 Å². The molecule has 0 amide bonds. The molecule has 0 unspecified atom stereocenters. The van der Waals surface area contributed by atoms with Gasteiger partial charge in [0.25, 0.3) is 0 Å². The van der Waals surface area contributed by atoms with E-state index in [1.807, 2.05) is 4.57 Å². The van der Waals surface area contributed by atoms with Gasteiger partial charge in [-0.15, -0.1) is 0 Å². The Morgan fingerprint density at radius 1 is 0.516 bits per heavy atom. The average Bonchev–Trinajstić information content (AvgIpc) is 3.04. The van der Waals surface area contributed by atoms with Crippen LogP contribution in [0.2, 0.25) is 0 Å². The molecule has 0 radical (unpaired) electrons. The SMILES string of the molecule is C#Cn1c2cc(-c3cc(C)cc(C)c3)ccc2c2ccc(-c3cc(C)cc(C)c3)cc21. The Bertz CT molecular complexity index is 1370. The van der Waals surface area contributed by atoms with Crippen molar-refractivity contribution in [3.05, 3.63) is 95.1 Å². The summed E-state index contributed by atoms with van der Waals surface area (Å²) in [5.74, 6) is 0. The lowest BCUT2D eigenvalue weighted by Gasteiger charge is -2.07. The summed E-state index contributed by atoms with van der Waals surface area (Å²) in [6.07, 6.45) is 6.01. The van der Waals surface area contributed by atoms with Crippen molar-refractivity contribution in [2.45, 2.75) is 27.7 Å². The smallest absolute Gasteiger partial charge is 0.0631 e. The number of fused-ring (bicyclic) bond motifs is 3. The monoisotopic (exact) mass is 399 g/mol. The molecule has 0 aliphatic rings. The Morgan fingerprint density at radius 3 is 1.26 bits per heavy atom. The maximum absolute atomic E-state index is 6.01. The van der Waals surface area contributed by atoms with Crippen LogP contribution in [0.3, 0.4) is 0 Å². The van der Waals surface area contributed by atoms with Gasteiger partial charge in [-0.25, -0.2) is 0 Å². The van der Waals surface area contributed by atoms with Crippen LogP contribution in [0.4, 0.5) is 0 Å². The van der Waals surface area contributed by atoms with Gasteiger partial charge in [0.1, 0.15) is 0 Å². The van der Waals surface area contributed by atoms with Gasteiger partial charge in [-0.2, -0.15) is 0 Å². The van der Waals surface area contributed by atoms with Crippen LogP contribution in [-0.4, -0.2) is 4.57 Å². The highest BCUT2D eigenvalue weighted by molar-refractivity contribution is 6.10. The van der Waals surface area contributed by atoms with Crippen LogP contribution in [0.15, 0.2) is 72.8 Å². The van der Waals surface area contributed by atoms with Gasteiger partial charge in [0, 0.05) is 16.8 Å². The van der Waals surface area contributed by atoms with Crippen LogP contribution in [0.25, 0.3) is 44.1 Å². The maximum Gasteiger partial charge on any atom is 0.0631 e. The third-order valence-corrected chi connectivity index (χ3v) is 6.01. The molecule has 5 rings (SSSR count). The zero-order chi connectivity index (χ0) is 21.7. The van der Waals surface area contributed by atoms with Crippen molar-refractivity contribution in [2.24, 2.45) is 0 Å². The van der Waals surface area contributed by atoms with E-state index in [-0.39, 0.29) is 0 Å². The molecule has 0 N–H and O–H groups in total. The van der Waals surface area contributed by atoms with Gasteiger partial charge >= 0.3 is 0 Å². The second kappa shape index (κ2) is 7.18. The molecular formula is C30H25N. The summed E-state index contributed by atoms with van der Waals surface area (Å²) in [6, 6.07) is 29.5. The Labute approximate surface area is 184 Å². The van der Waals surface area contributed by atoms with Crippen molar-refractivity contribution < 1.29 is 0 Å². The Hall–Kier alpha value is -3.76. The van der Waals surface area contributed by atoms with Crippen molar-refractivity contribution >= 4 is 21.8 Å². The molecule has 1 heterocycles. The third kappa shape index (κ3) is 3.31. The normalized spacial score (nSPS) is 11.2. The molecule has 1 heteroatoms. The molecule has 0 aliphatic heterocycles. The van der Waals surface area contributed by atoms with Crippen LogP contribution in [0.1, 0.15) is 22.3 Å². The van der Waals surface area contributed by atoms with Crippen molar-refractivity contribution in [1.29, 1.82) is 0 Å². The van der Waals surface area contributed by atoms with Gasteiger partial charge in [0.2, 0.25) is 0 Å². The van der Waals surface area contributed by atoms with E-state index in [2.05, 4.69) is 107 Å². The Balaban J connectivity index is 1.74. The topological polar surface area (TPSA) is 4.93 Å². The largest absolute Gasteiger partial charge is 0.269 e. The second-order valence-electron chi connectivity index (χ2n) is 8.68. The first-order valence-corrected chi connectivity index (χ1v) is 10.6. The van der Waals surface area contributed by atoms with Gasteiger partial charge in [0.15, 0.2) is 0 Å². The quantitative estimate of drug-likeness (QED) is 0.267. The highest BCUT2D eigenvalue weighted by atomic mass is 14.9. The number of benzene rings is 4. The molecular weight excluding hydrogens is 374 g/mol. The van der Waals surface area contributed by atoms with Crippen molar-refractivity contribution in [1.82, 2.24) is 4.57 Å². The summed E-state index contributed by atoms with van der Waals surface area (Å²) in [4.78, 5) is 0. The molecule has 4 aromatic carbocycles. The summed E-state index contributed by atoms with van der Waals surface area (Å²) >= 11 is 0. The van der Waals surface area contributed by atoms with Crippen LogP contribution < -0.4 is 0 Å². The molecule has 0 saturated heterocycles. The van der Waals surface area contributed by atoms with E-state index in [1.165, 1.54) is 55.3 Å². The van der Waals surface area contributed by atoms with Crippen molar-refractivity contribution in [3.8, 4) is 34.7 Å². The van der Waals surface area contributed by atoms with Crippen molar-refractivity contribution in [2.75, 3.05) is 0 Å². The third-order valence-electron chi connectivity index (χ3n) is 6.01. The highest BCUT2D eigenvalue weighted by Gasteiger charge is 2.13. The first-order chi connectivity index (χ1) is 14.9. The minimum absolute atomic E-state index is 1.08. The molecule has 0 atom stereocenters. The summed E-state index contributed by atoms with van der Waals surface area (Å²) in [7, 11) is 0. The lowest BCUT2D eigenvalue weighted by Crippen LogP contribution is -1.89. The highest BCUT2D eigenvalue weighted by Crippen LogP contribution is 2.35. The van der Waals surface area contributed by atoms with Gasteiger partial charge in [-0.3, -0.25) is 4.57 Å².